The Morgan fingerprint density at radius 2 is 1.77 bits per heavy atom. The molecule has 116 valence electrons. The van der Waals surface area contributed by atoms with E-state index in [-0.39, 0.29) is 5.69 Å². The highest BCUT2D eigenvalue weighted by molar-refractivity contribution is 7.91. The number of carbonyl (C=O) groups is 1. The molecule has 0 atom stereocenters. The van der Waals surface area contributed by atoms with Gasteiger partial charge in [-0.3, -0.25) is 9.52 Å². The molecule has 0 aliphatic heterocycles. The van der Waals surface area contributed by atoms with Crippen LogP contribution in [0.3, 0.4) is 0 Å². The van der Waals surface area contributed by atoms with E-state index in [9.17, 15) is 17.6 Å². The molecule has 8 heteroatoms. The second kappa shape index (κ2) is 6.33. The number of nitrogens with one attached hydrogen (secondary N) is 2. The summed E-state index contributed by atoms with van der Waals surface area (Å²) in [4.78, 5) is 10.9. The summed E-state index contributed by atoms with van der Waals surface area (Å²) < 4.78 is 41.0. The van der Waals surface area contributed by atoms with Gasteiger partial charge in [-0.2, -0.15) is 8.42 Å². The van der Waals surface area contributed by atoms with Crippen molar-refractivity contribution >= 4 is 33.4 Å². The topological polar surface area (TPSA) is 75.3 Å². The van der Waals surface area contributed by atoms with Gasteiger partial charge in [0.1, 0.15) is 5.82 Å². The van der Waals surface area contributed by atoms with Crippen molar-refractivity contribution in [2.75, 3.05) is 4.72 Å². The molecule has 1 amide bonds. The predicted octanol–water partition coefficient (Wildman–Crippen LogP) is 2.94. The minimum Gasteiger partial charge on any atom is -0.274 e. The summed E-state index contributed by atoms with van der Waals surface area (Å²) in [5.74, 6) is -1.25. The van der Waals surface area contributed by atoms with Crippen molar-refractivity contribution in [1.82, 2.24) is 4.72 Å². The molecule has 0 saturated heterocycles. The lowest BCUT2D eigenvalue weighted by atomic mass is 10.0. The average Bonchev–Trinajstić information content (AvgIpc) is 2.40. The molecule has 0 spiro atoms. The third kappa shape index (κ3) is 4.19. The normalized spacial score (nSPS) is 11.0. The Hall–Kier alpha value is -2.12. The molecule has 0 bridgehead atoms. The molecule has 0 aromatic heterocycles. The summed E-state index contributed by atoms with van der Waals surface area (Å²) in [6, 6.07) is 10.1. The SMILES string of the molecule is CC(=O)NS(=O)(=O)Nc1ccc(F)cc1-c1ccc(Cl)cc1. The molecule has 22 heavy (non-hydrogen) atoms. The number of anilines is 1. The third-order valence-electron chi connectivity index (χ3n) is 2.66. The molecule has 5 nitrogen and oxygen atoms in total. The number of hydrogen-bond acceptors (Lipinski definition) is 3. The van der Waals surface area contributed by atoms with Crippen LogP contribution in [-0.4, -0.2) is 14.3 Å². The van der Waals surface area contributed by atoms with Crippen LogP contribution in [-0.2, 0) is 15.0 Å². The van der Waals surface area contributed by atoms with E-state index in [1.165, 1.54) is 12.1 Å². The van der Waals surface area contributed by atoms with Gasteiger partial charge < -0.3 is 0 Å². The fourth-order valence-electron chi connectivity index (χ4n) is 1.83. The van der Waals surface area contributed by atoms with E-state index in [2.05, 4.69) is 4.72 Å². The first-order chi connectivity index (χ1) is 10.3. The molecule has 2 aromatic rings. The van der Waals surface area contributed by atoms with Crippen LogP contribution >= 0.6 is 11.6 Å². The molecule has 0 heterocycles. The zero-order chi connectivity index (χ0) is 16.3. The van der Waals surface area contributed by atoms with E-state index < -0.39 is 21.9 Å². The van der Waals surface area contributed by atoms with Crippen LogP contribution in [0.1, 0.15) is 6.92 Å². The number of rotatable bonds is 4. The van der Waals surface area contributed by atoms with Gasteiger partial charge in [0.25, 0.3) is 0 Å². The summed E-state index contributed by atoms with van der Waals surface area (Å²) in [5.41, 5.74) is 1.03. The molecular weight excluding hydrogens is 331 g/mol. The Bertz CT molecular complexity index is 807. The second-order valence-corrected chi connectivity index (χ2v) is 6.31. The molecule has 0 aliphatic rings. The molecule has 0 aliphatic carbocycles. The quantitative estimate of drug-likeness (QED) is 0.897. The van der Waals surface area contributed by atoms with Gasteiger partial charge in [-0.25, -0.2) is 9.11 Å². The van der Waals surface area contributed by atoms with Gasteiger partial charge in [-0.15, -0.1) is 0 Å². The first kappa shape index (κ1) is 16.3. The minimum atomic E-state index is -4.08. The average molecular weight is 343 g/mol. The molecule has 2 N–H and O–H groups in total. The van der Waals surface area contributed by atoms with Crippen molar-refractivity contribution < 1.29 is 17.6 Å². The van der Waals surface area contributed by atoms with Gasteiger partial charge >= 0.3 is 10.2 Å². The lowest BCUT2D eigenvalue weighted by Gasteiger charge is -2.13. The van der Waals surface area contributed by atoms with Crippen molar-refractivity contribution in [1.29, 1.82) is 0 Å². The summed E-state index contributed by atoms with van der Waals surface area (Å²) in [6.45, 7) is 1.07. The van der Waals surface area contributed by atoms with Gasteiger partial charge in [0.2, 0.25) is 5.91 Å². The predicted molar refractivity (Wildman–Crippen MR) is 83.2 cm³/mol. The molecule has 0 saturated carbocycles. The summed E-state index contributed by atoms with van der Waals surface area (Å²) in [5, 5.41) is 0.500. The van der Waals surface area contributed by atoms with Gasteiger partial charge in [-0.1, -0.05) is 23.7 Å². The van der Waals surface area contributed by atoms with Crippen LogP contribution in [0.15, 0.2) is 42.5 Å². The maximum Gasteiger partial charge on any atom is 0.323 e. The summed E-state index contributed by atoms with van der Waals surface area (Å²) >= 11 is 5.80. The Kier molecular flexibility index (Phi) is 4.68. The maximum absolute atomic E-state index is 13.5. The van der Waals surface area contributed by atoms with Crippen LogP contribution in [0.25, 0.3) is 11.1 Å². The van der Waals surface area contributed by atoms with Gasteiger partial charge in [0.15, 0.2) is 0 Å². The van der Waals surface area contributed by atoms with Gasteiger partial charge in [-0.05, 0) is 35.9 Å². The van der Waals surface area contributed by atoms with Crippen molar-refractivity contribution in [3.63, 3.8) is 0 Å². The van der Waals surface area contributed by atoms with Crippen molar-refractivity contribution in [2.24, 2.45) is 0 Å². The Balaban J connectivity index is 2.44. The first-order valence-electron chi connectivity index (χ1n) is 6.13. The number of carbonyl (C=O) groups excluding carboxylic acids is 1. The fourth-order valence-corrected chi connectivity index (χ4v) is 2.86. The molecular formula is C14H12ClFN2O3S. The van der Waals surface area contributed by atoms with E-state index in [0.29, 0.717) is 16.1 Å². The molecule has 0 fully saturated rings. The molecule has 0 unspecified atom stereocenters. The van der Waals surface area contributed by atoms with Crippen LogP contribution in [0.2, 0.25) is 5.02 Å². The second-order valence-electron chi connectivity index (χ2n) is 4.46. The van der Waals surface area contributed by atoms with Crippen molar-refractivity contribution in [2.45, 2.75) is 6.92 Å². The van der Waals surface area contributed by atoms with Gasteiger partial charge in [0, 0.05) is 17.5 Å². The van der Waals surface area contributed by atoms with Crippen LogP contribution in [0.5, 0.6) is 0 Å². The third-order valence-corrected chi connectivity index (χ3v) is 3.96. The Labute approximate surface area is 132 Å². The lowest BCUT2D eigenvalue weighted by molar-refractivity contribution is -0.117. The van der Waals surface area contributed by atoms with Crippen LogP contribution < -0.4 is 9.44 Å². The minimum absolute atomic E-state index is 0.137. The maximum atomic E-state index is 13.5. The molecule has 0 radical (unpaired) electrons. The van der Waals surface area contributed by atoms with Crippen LogP contribution in [0, 0.1) is 5.82 Å². The zero-order valence-corrected chi connectivity index (χ0v) is 13.0. The van der Waals surface area contributed by atoms with Crippen molar-refractivity contribution in [3.05, 3.63) is 53.3 Å². The highest BCUT2D eigenvalue weighted by Gasteiger charge is 2.15. The molecule has 2 aromatic carbocycles. The number of amides is 1. The zero-order valence-electron chi connectivity index (χ0n) is 11.4. The smallest absolute Gasteiger partial charge is 0.274 e. The van der Waals surface area contributed by atoms with E-state index >= 15 is 0 Å². The van der Waals surface area contributed by atoms with E-state index in [1.54, 1.807) is 29.0 Å². The Morgan fingerprint density at radius 3 is 2.36 bits per heavy atom. The number of hydrogen-bond donors (Lipinski definition) is 2. The van der Waals surface area contributed by atoms with E-state index in [4.69, 9.17) is 11.6 Å². The van der Waals surface area contributed by atoms with Gasteiger partial charge in [0.05, 0.1) is 5.69 Å². The monoisotopic (exact) mass is 342 g/mol. The summed E-state index contributed by atoms with van der Waals surface area (Å²) in [7, 11) is -4.08. The molecule has 2 rings (SSSR count). The summed E-state index contributed by atoms with van der Waals surface area (Å²) in [6.07, 6.45) is 0. The number of halogens is 2. The number of benzene rings is 2. The van der Waals surface area contributed by atoms with E-state index in [1.807, 2.05) is 0 Å². The van der Waals surface area contributed by atoms with Crippen molar-refractivity contribution in [3.8, 4) is 11.1 Å². The fraction of sp³-hybridized carbons (Fsp3) is 0.0714. The van der Waals surface area contributed by atoms with E-state index in [0.717, 1.165) is 13.0 Å². The standard InChI is InChI=1S/C14H12ClFN2O3S/c1-9(19)17-22(20,21)18-14-7-6-12(16)8-13(14)10-2-4-11(15)5-3-10/h2-8,18H,1H3,(H,17,19). The highest BCUT2D eigenvalue weighted by Crippen LogP contribution is 2.30. The first-order valence-corrected chi connectivity index (χ1v) is 7.99. The Morgan fingerprint density at radius 1 is 1.14 bits per heavy atom. The largest absolute Gasteiger partial charge is 0.323 e. The van der Waals surface area contributed by atoms with Crippen LogP contribution in [0.4, 0.5) is 10.1 Å². The lowest BCUT2D eigenvalue weighted by Crippen LogP contribution is -2.33. The highest BCUT2D eigenvalue weighted by atomic mass is 35.5.